The number of amides is 2. The number of ether oxygens (including phenoxy) is 2. The molecule has 2 aliphatic heterocycles. The minimum Gasteiger partial charge on any atom is -0.488 e. The van der Waals surface area contributed by atoms with E-state index >= 15 is 0 Å². The van der Waals surface area contributed by atoms with E-state index in [0.717, 1.165) is 29.7 Å². The summed E-state index contributed by atoms with van der Waals surface area (Å²) in [6.07, 6.45) is 6.84. The van der Waals surface area contributed by atoms with Crippen LogP contribution < -0.4 is 4.74 Å². The number of fused-ring (bicyclic) bond motifs is 1. The molecule has 2 amide bonds. The maximum absolute atomic E-state index is 12.6. The summed E-state index contributed by atoms with van der Waals surface area (Å²) in [7, 11) is 1.76. The first-order valence-corrected chi connectivity index (χ1v) is 11.0. The lowest BCUT2D eigenvalue weighted by Crippen LogP contribution is -2.42. The SMILES string of the molecule is CN(CC1CCN(C(=O)C=CC2=Cc3cc(Cl)ccc3OC2)CC1)C(=O)OC(C)(C)C. The van der Waals surface area contributed by atoms with E-state index in [0.29, 0.717) is 37.2 Å². The van der Waals surface area contributed by atoms with Crippen LogP contribution in [0.25, 0.3) is 6.08 Å². The molecule has 1 saturated heterocycles. The molecule has 3 rings (SSSR count). The molecule has 168 valence electrons. The summed E-state index contributed by atoms with van der Waals surface area (Å²) in [5, 5.41) is 0.653. The second-order valence-corrected chi connectivity index (χ2v) is 9.59. The number of carbonyl (C=O) groups excluding carboxylic acids is 2. The maximum atomic E-state index is 12.6. The fourth-order valence-corrected chi connectivity index (χ4v) is 3.86. The van der Waals surface area contributed by atoms with Gasteiger partial charge in [-0.3, -0.25) is 4.79 Å². The topological polar surface area (TPSA) is 59.1 Å². The van der Waals surface area contributed by atoms with Crippen LogP contribution >= 0.6 is 11.6 Å². The first kappa shape index (κ1) is 23.2. The van der Waals surface area contributed by atoms with Gasteiger partial charge in [-0.2, -0.15) is 0 Å². The number of benzene rings is 1. The molecule has 31 heavy (non-hydrogen) atoms. The van der Waals surface area contributed by atoms with E-state index in [1.165, 1.54) is 0 Å². The summed E-state index contributed by atoms with van der Waals surface area (Å²) in [6.45, 7) is 8.02. The van der Waals surface area contributed by atoms with Crippen LogP contribution in [0.15, 0.2) is 35.9 Å². The van der Waals surface area contributed by atoms with Gasteiger partial charge in [0, 0.05) is 43.3 Å². The van der Waals surface area contributed by atoms with Crippen molar-refractivity contribution in [2.75, 3.05) is 33.3 Å². The highest BCUT2D eigenvalue weighted by atomic mass is 35.5. The number of likely N-dealkylation sites (tertiary alicyclic amines) is 1. The monoisotopic (exact) mass is 446 g/mol. The lowest BCUT2D eigenvalue weighted by molar-refractivity contribution is -0.127. The number of piperidine rings is 1. The first-order chi connectivity index (χ1) is 14.6. The van der Waals surface area contributed by atoms with Crippen LogP contribution in [0.4, 0.5) is 4.79 Å². The fourth-order valence-electron chi connectivity index (χ4n) is 3.68. The average Bonchev–Trinajstić information content (AvgIpc) is 2.71. The Morgan fingerprint density at radius 2 is 2.00 bits per heavy atom. The van der Waals surface area contributed by atoms with Crippen molar-refractivity contribution in [1.82, 2.24) is 9.80 Å². The lowest BCUT2D eigenvalue weighted by Gasteiger charge is -2.34. The second-order valence-electron chi connectivity index (χ2n) is 9.15. The Balaban J connectivity index is 1.48. The van der Waals surface area contributed by atoms with Crippen molar-refractivity contribution in [3.05, 3.63) is 46.5 Å². The smallest absolute Gasteiger partial charge is 0.410 e. The Morgan fingerprint density at radius 3 is 2.68 bits per heavy atom. The van der Waals surface area contributed by atoms with Gasteiger partial charge in [-0.15, -0.1) is 0 Å². The summed E-state index contributed by atoms with van der Waals surface area (Å²) in [4.78, 5) is 28.2. The molecule has 0 aliphatic carbocycles. The van der Waals surface area contributed by atoms with Gasteiger partial charge in [-0.05, 0) is 69.4 Å². The molecule has 1 aromatic rings. The first-order valence-electron chi connectivity index (χ1n) is 10.6. The quantitative estimate of drug-likeness (QED) is 0.624. The number of halogens is 1. The number of carbonyl (C=O) groups is 2. The van der Waals surface area contributed by atoms with E-state index in [2.05, 4.69) is 0 Å². The van der Waals surface area contributed by atoms with Crippen molar-refractivity contribution in [2.24, 2.45) is 5.92 Å². The van der Waals surface area contributed by atoms with Crippen LogP contribution in [-0.4, -0.2) is 60.7 Å². The third-order valence-corrected chi connectivity index (χ3v) is 5.55. The molecule has 0 radical (unpaired) electrons. The Morgan fingerprint density at radius 1 is 1.29 bits per heavy atom. The average molecular weight is 447 g/mol. The van der Waals surface area contributed by atoms with Crippen LogP contribution in [-0.2, 0) is 9.53 Å². The molecular formula is C24H31ClN2O4. The third-order valence-electron chi connectivity index (χ3n) is 5.31. The molecule has 2 aliphatic rings. The van der Waals surface area contributed by atoms with Crippen LogP contribution in [0.1, 0.15) is 39.2 Å². The highest BCUT2D eigenvalue weighted by molar-refractivity contribution is 6.30. The number of hydrogen-bond donors (Lipinski definition) is 0. The van der Waals surface area contributed by atoms with Gasteiger partial charge in [-0.25, -0.2) is 4.79 Å². The van der Waals surface area contributed by atoms with Gasteiger partial charge in [-0.1, -0.05) is 17.7 Å². The molecule has 0 bridgehead atoms. The predicted molar refractivity (Wildman–Crippen MR) is 122 cm³/mol. The number of rotatable bonds is 4. The highest BCUT2D eigenvalue weighted by Gasteiger charge is 2.26. The predicted octanol–water partition coefficient (Wildman–Crippen LogP) is 4.78. The molecule has 7 heteroatoms. The van der Waals surface area contributed by atoms with E-state index in [1.54, 1.807) is 24.1 Å². The van der Waals surface area contributed by atoms with Crippen LogP contribution in [0, 0.1) is 5.92 Å². The van der Waals surface area contributed by atoms with Crippen molar-refractivity contribution < 1.29 is 19.1 Å². The van der Waals surface area contributed by atoms with E-state index in [4.69, 9.17) is 21.1 Å². The molecule has 1 fully saturated rings. The van der Waals surface area contributed by atoms with Crippen molar-refractivity contribution in [1.29, 1.82) is 0 Å². The Hall–Kier alpha value is -2.47. The molecule has 6 nitrogen and oxygen atoms in total. The van der Waals surface area contributed by atoms with Gasteiger partial charge in [0.25, 0.3) is 0 Å². The zero-order valence-corrected chi connectivity index (χ0v) is 19.4. The number of hydrogen-bond acceptors (Lipinski definition) is 4. The van der Waals surface area contributed by atoms with Crippen molar-refractivity contribution >= 4 is 29.7 Å². The molecular weight excluding hydrogens is 416 g/mol. The summed E-state index contributed by atoms with van der Waals surface area (Å²) in [5.41, 5.74) is 1.35. The molecule has 0 atom stereocenters. The van der Waals surface area contributed by atoms with Crippen LogP contribution in [0.2, 0.25) is 5.02 Å². The molecule has 0 spiro atoms. The molecule has 0 aromatic heterocycles. The van der Waals surface area contributed by atoms with Gasteiger partial charge in [0.15, 0.2) is 0 Å². The van der Waals surface area contributed by atoms with E-state index in [9.17, 15) is 9.59 Å². The van der Waals surface area contributed by atoms with Crippen molar-refractivity contribution in [3.8, 4) is 5.75 Å². The largest absolute Gasteiger partial charge is 0.488 e. The highest BCUT2D eigenvalue weighted by Crippen LogP contribution is 2.29. The lowest BCUT2D eigenvalue weighted by atomic mass is 9.96. The van der Waals surface area contributed by atoms with Gasteiger partial charge < -0.3 is 19.3 Å². The number of nitrogens with zero attached hydrogens (tertiary/aromatic N) is 2. The maximum Gasteiger partial charge on any atom is 0.410 e. The molecule has 2 heterocycles. The zero-order chi connectivity index (χ0) is 22.6. The molecule has 0 saturated carbocycles. The van der Waals surface area contributed by atoms with Crippen LogP contribution in [0.5, 0.6) is 5.75 Å². The Bertz CT molecular complexity index is 880. The normalized spacial score (nSPS) is 17.1. The zero-order valence-electron chi connectivity index (χ0n) is 18.7. The summed E-state index contributed by atoms with van der Waals surface area (Å²) < 4.78 is 11.1. The summed E-state index contributed by atoms with van der Waals surface area (Å²) in [5.74, 6) is 1.16. The van der Waals surface area contributed by atoms with E-state index < -0.39 is 5.60 Å². The molecule has 1 aromatic carbocycles. The van der Waals surface area contributed by atoms with Gasteiger partial charge in [0.05, 0.1) is 0 Å². The van der Waals surface area contributed by atoms with E-state index in [1.807, 2.05) is 50.0 Å². The third kappa shape index (κ3) is 6.76. The Kier molecular flexibility index (Phi) is 7.31. The fraction of sp³-hybridized carbons (Fsp3) is 0.500. The van der Waals surface area contributed by atoms with Crippen molar-refractivity contribution in [3.63, 3.8) is 0 Å². The van der Waals surface area contributed by atoms with Crippen molar-refractivity contribution in [2.45, 2.75) is 39.2 Å². The van der Waals surface area contributed by atoms with Gasteiger partial charge >= 0.3 is 6.09 Å². The standard InChI is InChI=1S/C24H31ClN2O4/c1-24(2,3)31-23(29)26(4)15-17-9-11-27(12-10-17)22(28)8-5-18-13-19-14-20(25)6-7-21(19)30-16-18/h5-8,13-14,17H,9-12,15-16H2,1-4H3. The van der Waals surface area contributed by atoms with Crippen LogP contribution in [0.3, 0.4) is 0 Å². The Labute approximate surface area is 189 Å². The molecule has 0 unspecified atom stereocenters. The van der Waals surface area contributed by atoms with Gasteiger partial charge in [0.1, 0.15) is 18.0 Å². The van der Waals surface area contributed by atoms with E-state index in [-0.39, 0.29) is 12.0 Å². The van der Waals surface area contributed by atoms with Gasteiger partial charge in [0.2, 0.25) is 5.91 Å². The minimum absolute atomic E-state index is 0.00302. The summed E-state index contributed by atoms with van der Waals surface area (Å²) >= 11 is 6.05. The molecule has 0 N–H and O–H groups in total. The second kappa shape index (κ2) is 9.77. The summed E-state index contributed by atoms with van der Waals surface area (Å²) in [6, 6.07) is 5.50. The minimum atomic E-state index is -0.499.